The van der Waals surface area contributed by atoms with Gasteiger partial charge in [-0.05, 0) is 36.2 Å². The normalized spacial score (nSPS) is 13.7. The molecule has 0 unspecified atom stereocenters. The molecule has 2 aromatic rings. The summed E-state index contributed by atoms with van der Waals surface area (Å²) in [6.07, 6.45) is 2.02. The first-order valence-corrected chi connectivity index (χ1v) is 9.01. The predicted octanol–water partition coefficient (Wildman–Crippen LogP) is 3.68. The fourth-order valence-electron chi connectivity index (χ4n) is 2.75. The number of para-hydroxylation sites is 2. The lowest BCUT2D eigenvalue weighted by Crippen LogP contribution is -2.38. The average Bonchev–Trinajstić information content (AvgIpc) is 2.55. The van der Waals surface area contributed by atoms with Crippen LogP contribution < -0.4 is 9.62 Å². The van der Waals surface area contributed by atoms with Crippen LogP contribution in [0.1, 0.15) is 18.9 Å². The van der Waals surface area contributed by atoms with Crippen molar-refractivity contribution in [3.05, 3.63) is 54.1 Å². The molecule has 0 bridgehead atoms. The number of hydrogen-bond donors (Lipinski definition) is 1. The lowest BCUT2D eigenvalue weighted by Gasteiger charge is -2.31. The van der Waals surface area contributed by atoms with Crippen molar-refractivity contribution >= 4 is 33.8 Å². The molecule has 0 saturated carbocycles. The van der Waals surface area contributed by atoms with E-state index in [0.29, 0.717) is 23.7 Å². The molecule has 0 aromatic heterocycles. The molecule has 0 aliphatic carbocycles. The van der Waals surface area contributed by atoms with Gasteiger partial charge in [-0.3, -0.25) is 4.31 Å². The number of sulfonamides is 1. The SMILES string of the molecule is CCCc1ccc(S(=O)(=O)N2CCNc3ccccc32)cc1.Cl. The molecule has 0 spiro atoms. The Hall–Kier alpha value is -1.72. The lowest BCUT2D eigenvalue weighted by atomic mass is 10.1. The summed E-state index contributed by atoms with van der Waals surface area (Å²) in [6, 6.07) is 14.7. The van der Waals surface area contributed by atoms with Gasteiger partial charge in [-0.1, -0.05) is 37.6 Å². The van der Waals surface area contributed by atoms with Crippen LogP contribution in [-0.4, -0.2) is 21.5 Å². The molecular formula is C17H21ClN2O2S. The van der Waals surface area contributed by atoms with Crippen LogP contribution in [0.4, 0.5) is 11.4 Å². The molecule has 0 radical (unpaired) electrons. The molecule has 1 N–H and O–H groups in total. The molecule has 124 valence electrons. The van der Waals surface area contributed by atoms with Crippen molar-refractivity contribution in [3.63, 3.8) is 0 Å². The number of nitrogens with one attached hydrogen (secondary N) is 1. The fourth-order valence-corrected chi connectivity index (χ4v) is 4.23. The number of halogens is 1. The zero-order valence-electron chi connectivity index (χ0n) is 13.0. The highest BCUT2D eigenvalue weighted by molar-refractivity contribution is 7.92. The molecule has 0 fully saturated rings. The third-order valence-electron chi connectivity index (χ3n) is 3.85. The number of anilines is 2. The van der Waals surface area contributed by atoms with E-state index in [1.807, 2.05) is 36.4 Å². The van der Waals surface area contributed by atoms with Crippen LogP contribution in [-0.2, 0) is 16.4 Å². The molecular weight excluding hydrogens is 332 g/mol. The molecule has 4 nitrogen and oxygen atoms in total. The van der Waals surface area contributed by atoms with Gasteiger partial charge >= 0.3 is 0 Å². The van der Waals surface area contributed by atoms with Crippen molar-refractivity contribution in [2.75, 3.05) is 22.7 Å². The standard InChI is InChI=1S/C17H20N2O2S.ClH/c1-2-5-14-8-10-15(11-9-14)22(20,21)19-13-12-18-16-6-3-4-7-17(16)19;/h3-4,6-11,18H,2,5,12-13H2,1H3;1H. The van der Waals surface area contributed by atoms with Crippen molar-refractivity contribution < 1.29 is 8.42 Å². The zero-order valence-corrected chi connectivity index (χ0v) is 14.7. The van der Waals surface area contributed by atoms with E-state index < -0.39 is 10.0 Å². The molecule has 0 amide bonds. The molecule has 1 aliphatic heterocycles. The Morgan fingerprint density at radius 1 is 1.09 bits per heavy atom. The minimum Gasteiger partial charge on any atom is -0.382 e. The summed E-state index contributed by atoms with van der Waals surface area (Å²) >= 11 is 0. The Morgan fingerprint density at radius 2 is 1.78 bits per heavy atom. The van der Waals surface area contributed by atoms with Crippen molar-refractivity contribution in [2.24, 2.45) is 0 Å². The Bertz CT molecular complexity index is 760. The number of hydrogen-bond acceptors (Lipinski definition) is 3. The van der Waals surface area contributed by atoms with E-state index in [-0.39, 0.29) is 12.4 Å². The summed E-state index contributed by atoms with van der Waals surface area (Å²) < 4.78 is 27.3. The van der Waals surface area contributed by atoms with Crippen LogP contribution in [0.5, 0.6) is 0 Å². The second kappa shape index (κ2) is 7.23. The van der Waals surface area contributed by atoms with Gasteiger partial charge in [-0.25, -0.2) is 8.42 Å². The monoisotopic (exact) mass is 352 g/mol. The van der Waals surface area contributed by atoms with Crippen molar-refractivity contribution in [2.45, 2.75) is 24.7 Å². The van der Waals surface area contributed by atoms with Crippen LogP contribution in [0.25, 0.3) is 0 Å². The summed E-state index contributed by atoms with van der Waals surface area (Å²) in [5, 5.41) is 3.24. The van der Waals surface area contributed by atoms with E-state index in [1.165, 1.54) is 9.87 Å². The Labute approximate surface area is 144 Å². The maximum absolute atomic E-state index is 12.9. The lowest BCUT2D eigenvalue weighted by molar-refractivity contribution is 0.590. The topological polar surface area (TPSA) is 49.4 Å². The van der Waals surface area contributed by atoms with E-state index in [4.69, 9.17) is 0 Å². The number of aryl methyl sites for hydroxylation is 1. The van der Waals surface area contributed by atoms with Gasteiger partial charge in [-0.2, -0.15) is 0 Å². The van der Waals surface area contributed by atoms with Gasteiger partial charge in [0.2, 0.25) is 0 Å². The van der Waals surface area contributed by atoms with Crippen LogP contribution >= 0.6 is 12.4 Å². The predicted molar refractivity (Wildman–Crippen MR) is 97.1 cm³/mol. The molecule has 0 atom stereocenters. The molecule has 6 heteroatoms. The van der Waals surface area contributed by atoms with Gasteiger partial charge in [0.25, 0.3) is 10.0 Å². The maximum atomic E-state index is 12.9. The Balaban J connectivity index is 0.00000192. The van der Waals surface area contributed by atoms with Crippen molar-refractivity contribution in [1.82, 2.24) is 0 Å². The minimum absolute atomic E-state index is 0. The van der Waals surface area contributed by atoms with Gasteiger partial charge in [-0.15, -0.1) is 12.4 Å². The first-order valence-electron chi connectivity index (χ1n) is 7.57. The number of nitrogens with zero attached hydrogens (tertiary/aromatic N) is 1. The second-order valence-corrected chi connectivity index (χ2v) is 7.28. The summed E-state index contributed by atoms with van der Waals surface area (Å²) in [5.41, 5.74) is 2.74. The summed E-state index contributed by atoms with van der Waals surface area (Å²) in [4.78, 5) is 0.351. The van der Waals surface area contributed by atoms with Gasteiger partial charge in [0.15, 0.2) is 0 Å². The summed E-state index contributed by atoms with van der Waals surface area (Å²) in [7, 11) is -3.51. The van der Waals surface area contributed by atoms with E-state index >= 15 is 0 Å². The van der Waals surface area contributed by atoms with E-state index in [0.717, 1.165) is 18.5 Å². The highest BCUT2D eigenvalue weighted by Crippen LogP contribution is 2.32. The second-order valence-electron chi connectivity index (χ2n) is 5.42. The minimum atomic E-state index is -3.51. The van der Waals surface area contributed by atoms with E-state index in [1.54, 1.807) is 12.1 Å². The first-order chi connectivity index (χ1) is 10.6. The van der Waals surface area contributed by atoms with Gasteiger partial charge in [0.05, 0.1) is 22.8 Å². The Morgan fingerprint density at radius 3 is 2.48 bits per heavy atom. The van der Waals surface area contributed by atoms with Crippen molar-refractivity contribution in [1.29, 1.82) is 0 Å². The molecule has 3 rings (SSSR count). The number of benzene rings is 2. The smallest absolute Gasteiger partial charge is 0.264 e. The summed E-state index contributed by atoms with van der Waals surface area (Å²) in [6.45, 7) is 3.17. The molecule has 1 aliphatic rings. The van der Waals surface area contributed by atoms with Crippen LogP contribution in [0, 0.1) is 0 Å². The summed E-state index contributed by atoms with van der Waals surface area (Å²) in [5.74, 6) is 0. The highest BCUT2D eigenvalue weighted by Gasteiger charge is 2.28. The van der Waals surface area contributed by atoms with Gasteiger partial charge in [0.1, 0.15) is 0 Å². The molecule has 1 heterocycles. The maximum Gasteiger partial charge on any atom is 0.264 e. The fraction of sp³-hybridized carbons (Fsp3) is 0.294. The Kier molecular flexibility index (Phi) is 5.55. The molecule has 23 heavy (non-hydrogen) atoms. The molecule has 2 aromatic carbocycles. The zero-order chi connectivity index (χ0) is 15.6. The van der Waals surface area contributed by atoms with Crippen LogP contribution in [0.15, 0.2) is 53.4 Å². The quantitative estimate of drug-likeness (QED) is 0.913. The third-order valence-corrected chi connectivity index (χ3v) is 5.68. The van der Waals surface area contributed by atoms with E-state index in [2.05, 4.69) is 12.2 Å². The van der Waals surface area contributed by atoms with E-state index in [9.17, 15) is 8.42 Å². The highest BCUT2D eigenvalue weighted by atomic mass is 35.5. The van der Waals surface area contributed by atoms with Crippen molar-refractivity contribution in [3.8, 4) is 0 Å². The van der Waals surface area contributed by atoms with Gasteiger partial charge < -0.3 is 5.32 Å². The average molecular weight is 353 g/mol. The first kappa shape index (κ1) is 17.6. The third kappa shape index (κ3) is 3.46. The van der Waals surface area contributed by atoms with Crippen LogP contribution in [0.3, 0.4) is 0 Å². The molecule has 0 saturated heterocycles. The van der Waals surface area contributed by atoms with Gasteiger partial charge in [0, 0.05) is 6.54 Å². The number of fused-ring (bicyclic) bond motifs is 1. The largest absolute Gasteiger partial charge is 0.382 e. The number of rotatable bonds is 4. The van der Waals surface area contributed by atoms with Crippen LogP contribution in [0.2, 0.25) is 0 Å².